The number of fused-ring (bicyclic) bond motifs is 1. The molecule has 2 aromatic rings. The van der Waals surface area contributed by atoms with Crippen LogP contribution in [0.25, 0.3) is 0 Å². The number of aryl methyl sites for hydroxylation is 3. The fourth-order valence-electron chi connectivity index (χ4n) is 3.19. The Morgan fingerprint density at radius 2 is 2.00 bits per heavy atom. The maximum Gasteiger partial charge on any atom is 0.0510 e. The Bertz CT molecular complexity index is 652. The molecule has 3 N–H and O–H groups in total. The summed E-state index contributed by atoms with van der Waals surface area (Å²) < 4.78 is 1.30. The molecule has 0 aromatic heterocycles. The molecule has 0 bridgehead atoms. The van der Waals surface area contributed by atoms with Crippen LogP contribution in [0.4, 0.5) is 0 Å². The first kappa shape index (κ1) is 15.0. The molecule has 0 radical (unpaired) electrons. The fourth-order valence-corrected chi connectivity index (χ4v) is 3.92. The molecular formula is C18H21IN2. The minimum atomic E-state index is 0.163. The summed E-state index contributed by atoms with van der Waals surface area (Å²) in [5.74, 6) is 5.83. The molecule has 0 heterocycles. The van der Waals surface area contributed by atoms with Gasteiger partial charge in [-0.25, -0.2) is 0 Å². The zero-order valence-electron chi connectivity index (χ0n) is 12.3. The van der Waals surface area contributed by atoms with Crippen molar-refractivity contribution >= 4 is 22.6 Å². The van der Waals surface area contributed by atoms with E-state index in [0.717, 1.165) is 6.42 Å². The second kappa shape index (κ2) is 6.46. The van der Waals surface area contributed by atoms with E-state index in [1.807, 2.05) is 0 Å². The predicted octanol–water partition coefficient (Wildman–Crippen LogP) is 3.84. The van der Waals surface area contributed by atoms with E-state index in [2.05, 4.69) is 71.3 Å². The highest BCUT2D eigenvalue weighted by atomic mass is 127. The van der Waals surface area contributed by atoms with Gasteiger partial charge in [0.2, 0.25) is 0 Å². The molecule has 0 spiro atoms. The van der Waals surface area contributed by atoms with Gasteiger partial charge in [-0.15, -0.1) is 0 Å². The first-order valence-electron chi connectivity index (χ1n) is 7.51. The molecule has 1 atom stereocenters. The Kier molecular flexibility index (Phi) is 4.62. The molecule has 1 aliphatic carbocycles. The summed E-state index contributed by atoms with van der Waals surface area (Å²) in [5.41, 5.74) is 10.0. The Balaban J connectivity index is 1.86. The van der Waals surface area contributed by atoms with Gasteiger partial charge in [0.25, 0.3) is 0 Å². The lowest BCUT2D eigenvalue weighted by molar-refractivity contribution is 0.549. The molecule has 2 aromatic carbocycles. The van der Waals surface area contributed by atoms with E-state index in [1.165, 1.54) is 50.6 Å². The molecule has 1 unspecified atom stereocenters. The number of hydrogen-bond donors (Lipinski definition) is 2. The third-order valence-electron chi connectivity index (χ3n) is 4.40. The fraction of sp³-hybridized carbons (Fsp3) is 0.333. The van der Waals surface area contributed by atoms with Crippen LogP contribution in [-0.4, -0.2) is 0 Å². The van der Waals surface area contributed by atoms with Crippen molar-refractivity contribution in [2.24, 2.45) is 5.84 Å². The largest absolute Gasteiger partial charge is 0.271 e. The van der Waals surface area contributed by atoms with E-state index in [4.69, 9.17) is 5.84 Å². The monoisotopic (exact) mass is 392 g/mol. The van der Waals surface area contributed by atoms with Gasteiger partial charge in [-0.05, 0) is 83.0 Å². The van der Waals surface area contributed by atoms with E-state index < -0.39 is 0 Å². The van der Waals surface area contributed by atoms with Gasteiger partial charge in [0.1, 0.15) is 0 Å². The van der Waals surface area contributed by atoms with Crippen LogP contribution in [0.3, 0.4) is 0 Å². The molecule has 21 heavy (non-hydrogen) atoms. The summed E-state index contributed by atoms with van der Waals surface area (Å²) >= 11 is 2.42. The minimum absolute atomic E-state index is 0.163. The number of nitrogens with one attached hydrogen (secondary N) is 1. The third kappa shape index (κ3) is 3.15. The van der Waals surface area contributed by atoms with Gasteiger partial charge in [0, 0.05) is 3.57 Å². The molecule has 110 valence electrons. The van der Waals surface area contributed by atoms with Crippen LogP contribution >= 0.6 is 22.6 Å². The van der Waals surface area contributed by atoms with Crippen molar-refractivity contribution in [1.29, 1.82) is 0 Å². The Morgan fingerprint density at radius 1 is 1.19 bits per heavy atom. The van der Waals surface area contributed by atoms with Gasteiger partial charge in [-0.2, -0.15) is 0 Å². The highest BCUT2D eigenvalue weighted by molar-refractivity contribution is 14.1. The summed E-state index contributed by atoms with van der Waals surface area (Å²) in [7, 11) is 0. The maximum absolute atomic E-state index is 5.83. The number of hydrazine groups is 1. The summed E-state index contributed by atoms with van der Waals surface area (Å²) in [6.45, 7) is 2.15. The van der Waals surface area contributed by atoms with E-state index in [1.54, 1.807) is 0 Å². The van der Waals surface area contributed by atoms with Crippen LogP contribution in [0.1, 0.15) is 40.3 Å². The average molecular weight is 392 g/mol. The number of halogens is 1. The Morgan fingerprint density at radius 3 is 2.81 bits per heavy atom. The van der Waals surface area contributed by atoms with Crippen LogP contribution in [0.15, 0.2) is 36.4 Å². The van der Waals surface area contributed by atoms with Crippen molar-refractivity contribution in [2.75, 3.05) is 0 Å². The molecule has 1 aliphatic rings. The summed E-state index contributed by atoms with van der Waals surface area (Å²) in [4.78, 5) is 0. The maximum atomic E-state index is 5.83. The van der Waals surface area contributed by atoms with Crippen molar-refractivity contribution in [1.82, 2.24) is 5.43 Å². The normalized spacial score (nSPS) is 15.0. The Hall–Kier alpha value is -0.910. The summed E-state index contributed by atoms with van der Waals surface area (Å²) in [5, 5.41) is 0. The van der Waals surface area contributed by atoms with Gasteiger partial charge >= 0.3 is 0 Å². The second-order valence-electron chi connectivity index (χ2n) is 5.86. The zero-order chi connectivity index (χ0) is 14.8. The van der Waals surface area contributed by atoms with Crippen LogP contribution in [0.2, 0.25) is 0 Å². The molecule has 3 heteroatoms. The minimum Gasteiger partial charge on any atom is -0.271 e. The molecular weight excluding hydrogens is 371 g/mol. The number of nitrogens with two attached hydrogens (primary N) is 1. The van der Waals surface area contributed by atoms with Gasteiger partial charge < -0.3 is 0 Å². The highest BCUT2D eigenvalue weighted by Crippen LogP contribution is 2.28. The van der Waals surface area contributed by atoms with Crippen molar-refractivity contribution in [3.8, 4) is 0 Å². The van der Waals surface area contributed by atoms with Crippen LogP contribution in [-0.2, 0) is 19.3 Å². The number of rotatable bonds is 4. The molecule has 0 saturated carbocycles. The van der Waals surface area contributed by atoms with Crippen molar-refractivity contribution in [3.63, 3.8) is 0 Å². The SMILES string of the molecule is Cc1cccc(C(Cc2ccc3c(c2)CCC3)NN)c1I. The summed E-state index contributed by atoms with van der Waals surface area (Å²) in [6, 6.07) is 13.5. The van der Waals surface area contributed by atoms with E-state index >= 15 is 0 Å². The third-order valence-corrected chi connectivity index (χ3v) is 5.87. The lowest BCUT2D eigenvalue weighted by Crippen LogP contribution is -2.30. The molecule has 0 saturated heterocycles. The molecule has 0 amide bonds. The van der Waals surface area contributed by atoms with Crippen LogP contribution in [0, 0.1) is 10.5 Å². The molecule has 0 aliphatic heterocycles. The quantitative estimate of drug-likeness (QED) is 0.472. The van der Waals surface area contributed by atoms with E-state index in [-0.39, 0.29) is 6.04 Å². The standard InChI is InChI=1S/C18H21IN2/c1-12-4-2-7-16(18(12)19)17(21-20)11-13-8-9-14-5-3-6-15(14)10-13/h2,4,7-10,17,21H,3,5-6,11,20H2,1H3. The second-order valence-corrected chi connectivity index (χ2v) is 6.94. The summed E-state index contributed by atoms with van der Waals surface area (Å²) in [6.07, 6.45) is 4.70. The topological polar surface area (TPSA) is 38.0 Å². The van der Waals surface area contributed by atoms with Crippen molar-refractivity contribution in [2.45, 2.75) is 38.6 Å². The van der Waals surface area contributed by atoms with E-state index in [9.17, 15) is 0 Å². The zero-order valence-corrected chi connectivity index (χ0v) is 14.5. The predicted molar refractivity (Wildman–Crippen MR) is 96.1 cm³/mol. The van der Waals surface area contributed by atoms with Crippen LogP contribution < -0.4 is 11.3 Å². The highest BCUT2D eigenvalue weighted by Gasteiger charge is 2.16. The van der Waals surface area contributed by atoms with Gasteiger partial charge in [0.15, 0.2) is 0 Å². The molecule has 3 rings (SSSR count). The van der Waals surface area contributed by atoms with E-state index in [0.29, 0.717) is 0 Å². The van der Waals surface area contributed by atoms with Gasteiger partial charge in [0.05, 0.1) is 6.04 Å². The lowest BCUT2D eigenvalue weighted by atomic mass is 9.96. The van der Waals surface area contributed by atoms with Gasteiger partial charge in [-0.1, -0.05) is 36.4 Å². The van der Waals surface area contributed by atoms with Gasteiger partial charge in [-0.3, -0.25) is 11.3 Å². The van der Waals surface area contributed by atoms with Crippen molar-refractivity contribution < 1.29 is 0 Å². The number of hydrogen-bond acceptors (Lipinski definition) is 2. The van der Waals surface area contributed by atoms with Crippen LogP contribution in [0.5, 0.6) is 0 Å². The first-order valence-corrected chi connectivity index (χ1v) is 8.58. The Labute approximate surface area is 140 Å². The average Bonchev–Trinajstić information content (AvgIpc) is 2.95. The molecule has 0 fully saturated rings. The smallest absolute Gasteiger partial charge is 0.0510 e. The number of benzene rings is 2. The molecule has 2 nitrogen and oxygen atoms in total. The first-order chi connectivity index (χ1) is 10.2. The lowest BCUT2D eigenvalue weighted by Gasteiger charge is -2.19. The van der Waals surface area contributed by atoms with Crippen molar-refractivity contribution in [3.05, 3.63) is 67.8 Å².